The van der Waals surface area contributed by atoms with Crippen LogP contribution in [0.5, 0.6) is 0 Å². The largest absolute Gasteiger partial charge is 0.347 e. The highest BCUT2D eigenvalue weighted by Gasteiger charge is 2.19. The van der Waals surface area contributed by atoms with Crippen LogP contribution < -0.4 is 5.32 Å². The zero-order valence-electron chi connectivity index (χ0n) is 11.0. The summed E-state index contributed by atoms with van der Waals surface area (Å²) in [4.78, 5) is 13.2. The molecule has 0 spiro atoms. The molecule has 0 bridgehead atoms. The molecule has 0 aliphatic heterocycles. The van der Waals surface area contributed by atoms with Gasteiger partial charge in [-0.1, -0.05) is 15.9 Å². The first-order valence-corrected chi connectivity index (χ1v) is 6.54. The van der Waals surface area contributed by atoms with Gasteiger partial charge in [-0.15, -0.1) is 0 Å². The zero-order valence-corrected chi connectivity index (χ0v) is 12.6. The van der Waals surface area contributed by atoms with E-state index in [4.69, 9.17) is 0 Å². The minimum atomic E-state index is -0.353. The van der Waals surface area contributed by atoms with Crippen molar-refractivity contribution in [2.24, 2.45) is 0 Å². The number of hydrogen-bond donors (Lipinski definition) is 1. The number of hydrogen-bond acceptors (Lipinski definition) is 2. The monoisotopic (exact) mass is 316 g/mol. The Kier molecular flexibility index (Phi) is 5.28. The van der Waals surface area contributed by atoms with Gasteiger partial charge in [-0.2, -0.15) is 0 Å². The van der Waals surface area contributed by atoms with Crippen LogP contribution >= 0.6 is 15.9 Å². The van der Waals surface area contributed by atoms with Gasteiger partial charge in [-0.25, -0.2) is 4.39 Å². The van der Waals surface area contributed by atoms with Gasteiger partial charge >= 0.3 is 0 Å². The summed E-state index contributed by atoms with van der Waals surface area (Å²) >= 11 is 3.31. The fourth-order valence-corrected chi connectivity index (χ4v) is 2.15. The molecule has 3 nitrogen and oxygen atoms in total. The molecule has 0 aromatic heterocycles. The first kappa shape index (κ1) is 15.1. The van der Waals surface area contributed by atoms with Crippen LogP contribution in [0.2, 0.25) is 0 Å². The zero-order chi connectivity index (χ0) is 13.9. The average Bonchev–Trinajstić information content (AvgIpc) is 2.30. The van der Waals surface area contributed by atoms with Crippen LogP contribution in [0.15, 0.2) is 22.7 Å². The number of likely N-dealkylation sites (N-methyl/N-ethyl adjacent to an activating group) is 1. The lowest BCUT2D eigenvalue weighted by molar-refractivity contribution is -0.130. The van der Waals surface area contributed by atoms with Crippen molar-refractivity contribution >= 4 is 21.8 Å². The molecule has 1 amide bonds. The Balaban J connectivity index is 2.79. The highest BCUT2D eigenvalue weighted by molar-refractivity contribution is 9.10. The third-order valence-electron chi connectivity index (χ3n) is 2.74. The molecule has 0 aliphatic rings. The van der Waals surface area contributed by atoms with E-state index >= 15 is 0 Å². The number of halogens is 2. The van der Waals surface area contributed by atoms with Gasteiger partial charge in [0.2, 0.25) is 5.91 Å². The average molecular weight is 317 g/mol. The van der Waals surface area contributed by atoms with Gasteiger partial charge in [-0.3, -0.25) is 10.1 Å². The van der Waals surface area contributed by atoms with Crippen LogP contribution in [0.4, 0.5) is 4.39 Å². The van der Waals surface area contributed by atoms with Crippen molar-refractivity contribution in [3.8, 4) is 0 Å². The molecule has 0 aliphatic carbocycles. The summed E-state index contributed by atoms with van der Waals surface area (Å²) in [5.41, 5.74) is 0.544. The van der Waals surface area contributed by atoms with Crippen LogP contribution in [0.25, 0.3) is 0 Å². The highest BCUT2D eigenvalue weighted by Crippen LogP contribution is 2.21. The summed E-state index contributed by atoms with van der Waals surface area (Å²) in [6, 6.07) is 4.20. The van der Waals surface area contributed by atoms with E-state index in [1.54, 1.807) is 33.2 Å². The van der Waals surface area contributed by atoms with Crippen LogP contribution in [-0.2, 0) is 4.79 Å². The lowest BCUT2D eigenvalue weighted by Crippen LogP contribution is -2.42. The number of rotatable bonds is 4. The number of amides is 1. The Bertz CT molecular complexity index is 437. The van der Waals surface area contributed by atoms with Crippen molar-refractivity contribution in [3.63, 3.8) is 0 Å². The second kappa shape index (κ2) is 6.29. The smallest absolute Gasteiger partial charge is 0.238 e. The van der Waals surface area contributed by atoms with Gasteiger partial charge in [0.05, 0.1) is 6.04 Å². The van der Waals surface area contributed by atoms with Crippen LogP contribution in [0.1, 0.15) is 25.5 Å². The van der Waals surface area contributed by atoms with E-state index in [1.165, 1.54) is 11.0 Å². The van der Waals surface area contributed by atoms with Crippen molar-refractivity contribution in [1.29, 1.82) is 0 Å². The topological polar surface area (TPSA) is 32.3 Å². The molecule has 0 heterocycles. The summed E-state index contributed by atoms with van der Waals surface area (Å²) in [5.74, 6) is -0.306. The number of carbonyl (C=O) groups excluding carboxylic acids is 1. The van der Waals surface area contributed by atoms with E-state index in [9.17, 15) is 9.18 Å². The molecule has 18 heavy (non-hydrogen) atoms. The molecule has 2 atom stereocenters. The molecule has 0 fully saturated rings. The molecule has 5 heteroatoms. The predicted octanol–water partition coefficient (Wildman–Crippen LogP) is 2.72. The van der Waals surface area contributed by atoms with Crippen LogP contribution in [0, 0.1) is 5.82 Å². The lowest BCUT2D eigenvalue weighted by Gasteiger charge is -2.22. The summed E-state index contributed by atoms with van der Waals surface area (Å²) in [6.07, 6.45) is 0. The fourth-order valence-electron chi connectivity index (χ4n) is 1.77. The van der Waals surface area contributed by atoms with Crippen LogP contribution in [-0.4, -0.2) is 30.9 Å². The maximum atomic E-state index is 13.7. The maximum Gasteiger partial charge on any atom is 0.238 e. The van der Waals surface area contributed by atoms with Gasteiger partial charge in [0.15, 0.2) is 0 Å². The normalized spacial score (nSPS) is 14.1. The van der Waals surface area contributed by atoms with Gasteiger partial charge < -0.3 is 4.90 Å². The molecule has 0 radical (unpaired) electrons. The second-order valence-electron chi connectivity index (χ2n) is 4.51. The minimum Gasteiger partial charge on any atom is -0.347 e. The van der Waals surface area contributed by atoms with E-state index in [1.807, 2.05) is 6.92 Å². The standard InChI is InChI=1S/C13H18BrFN2O/c1-8(16-9(2)13(18)17(3)4)11-7-10(14)5-6-12(11)15/h5-9,16H,1-4H3. The van der Waals surface area contributed by atoms with E-state index in [2.05, 4.69) is 21.2 Å². The number of carbonyl (C=O) groups is 1. The van der Waals surface area contributed by atoms with E-state index in [0.29, 0.717) is 5.56 Å². The van der Waals surface area contributed by atoms with E-state index in [0.717, 1.165) is 4.47 Å². The first-order valence-electron chi connectivity index (χ1n) is 5.75. The van der Waals surface area contributed by atoms with Crippen LogP contribution in [0.3, 0.4) is 0 Å². The molecule has 1 aromatic carbocycles. The summed E-state index contributed by atoms with van der Waals surface area (Å²) in [6.45, 7) is 3.61. The quantitative estimate of drug-likeness (QED) is 0.926. The van der Waals surface area contributed by atoms with Gasteiger partial charge in [0.1, 0.15) is 5.82 Å². The Hall–Kier alpha value is -0.940. The van der Waals surface area contributed by atoms with Gasteiger partial charge in [0.25, 0.3) is 0 Å². The SMILES string of the molecule is CC(NC(C)c1cc(Br)ccc1F)C(=O)N(C)C. The van der Waals surface area contributed by atoms with Crippen molar-refractivity contribution in [2.45, 2.75) is 25.9 Å². The van der Waals surface area contributed by atoms with Crippen molar-refractivity contribution in [1.82, 2.24) is 10.2 Å². The summed E-state index contributed by atoms with van der Waals surface area (Å²) < 4.78 is 14.5. The summed E-state index contributed by atoms with van der Waals surface area (Å²) in [5, 5.41) is 3.09. The molecule has 2 unspecified atom stereocenters. The Labute approximate surface area is 115 Å². The van der Waals surface area contributed by atoms with E-state index in [-0.39, 0.29) is 23.8 Å². The van der Waals surface area contributed by atoms with E-state index < -0.39 is 0 Å². The molecular weight excluding hydrogens is 299 g/mol. The number of nitrogens with one attached hydrogen (secondary N) is 1. The minimum absolute atomic E-state index is 0.0303. The van der Waals surface area contributed by atoms with Gasteiger partial charge in [-0.05, 0) is 32.0 Å². The Morgan fingerprint density at radius 3 is 2.56 bits per heavy atom. The number of benzene rings is 1. The molecule has 1 aromatic rings. The Morgan fingerprint density at radius 1 is 1.39 bits per heavy atom. The van der Waals surface area contributed by atoms with Gasteiger partial charge in [0, 0.05) is 30.2 Å². The third kappa shape index (κ3) is 3.78. The molecular formula is C13H18BrFN2O. The molecule has 0 saturated carbocycles. The van der Waals surface area contributed by atoms with Crippen molar-refractivity contribution in [2.75, 3.05) is 14.1 Å². The first-order chi connectivity index (χ1) is 8.32. The predicted molar refractivity (Wildman–Crippen MR) is 73.8 cm³/mol. The third-order valence-corrected chi connectivity index (χ3v) is 3.23. The molecule has 1 N–H and O–H groups in total. The Morgan fingerprint density at radius 2 is 2.00 bits per heavy atom. The van der Waals surface area contributed by atoms with Crippen molar-refractivity contribution in [3.05, 3.63) is 34.1 Å². The lowest BCUT2D eigenvalue weighted by atomic mass is 10.1. The number of nitrogens with zero attached hydrogens (tertiary/aromatic N) is 1. The second-order valence-corrected chi connectivity index (χ2v) is 5.42. The molecule has 100 valence electrons. The fraction of sp³-hybridized carbons (Fsp3) is 0.462. The molecule has 0 saturated heterocycles. The molecule has 1 rings (SSSR count). The highest BCUT2D eigenvalue weighted by atomic mass is 79.9. The maximum absolute atomic E-state index is 13.7. The summed E-state index contributed by atoms with van der Waals surface area (Å²) in [7, 11) is 3.40. The van der Waals surface area contributed by atoms with Crippen molar-refractivity contribution < 1.29 is 9.18 Å².